The molecule has 2 aromatic rings. The fourth-order valence-electron chi connectivity index (χ4n) is 2.94. The van der Waals surface area contributed by atoms with Gasteiger partial charge in [-0.1, -0.05) is 18.9 Å². The van der Waals surface area contributed by atoms with Gasteiger partial charge in [-0.05, 0) is 31.0 Å². The Morgan fingerprint density at radius 1 is 1.38 bits per heavy atom. The SMILES string of the molecule is NC1(CC(=O)Nc2cccc(-n3ccnc3)c2)CCCC1. The molecule has 3 rings (SSSR count). The summed E-state index contributed by atoms with van der Waals surface area (Å²) in [5.41, 5.74) is 7.69. The van der Waals surface area contributed by atoms with Gasteiger partial charge in [-0.25, -0.2) is 4.98 Å². The van der Waals surface area contributed by atoms with Crippen LogP contribution in [-0.2, 0) is 4.79 Å². The molecule has 0 atom stereocenters. The number of carbonyl (C=O) groups excluding carboxylic acids is 1. The minimum atomic E-state index is -0.313. The average molecular weight is 284 g/mol. The molecule has 1 aromatic heterocycles. The normalized spacial score (nSPS) is 16.8. The highest BCUT2D eigenvalue weighted by Gasteiger charge is 2.31. The number of imidazole rings is 1. The molecule has 0 unspecified atom stereocenters. The lowest BCUT2D eigenvalue weighted by Crippen LogP contribution is -2.40. The molecule has 0 radical (unpaired) electrons. The summed E-state index contributed by atoms with van der Waals surface area (Å²) in [5, 5.41) is 2.94. The maximum atomic E-state index is 12.2. The maximum absolute atomic E-state index is 12.2. The van der Waals surface area contributed by atoms with Crippen molar-refractivity contribution in [3.8, 4) is 5.69 Å². The number of nitrogens with two attached hydrogens (primary N) is 1. The first-order chi connectivity index (χ1) is 10.1. The van der Waals surface area contributed by atoms with Crippen molar-refractivity contribution in [2.24, 2.45) is 5.73 Å². The van der Waals surface area contributed by atoms with E-state index in [1.165, 1.54) is 0 Å². The minimum Gasteiger partial charge on any atom is -0.326 e. The fourth-order valence-corrected chi connectivity index (χ4v) is 2.94. The number of aromatic nitrogens is 2. The van der Waals surface area contributed by atoms with Crippen LogP contribution in [0.1, 0.15) is 32.1 Å². The first-order valence-electron chi connectivity index (χ1n) is 7.32. The molecular formula is C16H20N4O. The number of rotatable bonds is 4. The lowest BCUT2D eigenvalue weighted by Gasteiger charge is -2.22. The lowest BCUT2D eigenvalue weighted by atomic mass is 9.94. The molecule has 1 saturated carbocycles. The average Bonchev–Trinajstić information content (AvgIpc) is 3.10. The van der Waals surface area contributed by atoms with Crippen LogP contribution in [-0.4, -0.2) is 21.0 Å². The summed E-state index contributed by atoms with van der Waals surface area (Å²) in [6.07, 6.45) is 9.85. The van der Waals surface area contributed by atoms with Gasteiger partial charge in [-0.3, -0.25) is 4.79 Å². The van der Waals surface area contributed by atoms with E-state index in [2.05, 4.69) is 10.3 Å². The Morgan fingerprint density at radius 3 is 2.90 bits per heavy atom. The van der Waals surface area contributed by atoms with E-state index in [-0.39, 0.29) is 11.4 Å². The van der Waals surface area contributed by atoms with Crippen LogP contribution in [0.4, 0.5) is 5.69 Å². The molecule has 0 aliphatic heterocycles. The van der Waals surface area contributed by atoms with E-state index in [0.717, 1.165) is 37.1 Å². The molecule has 0 saturated heterocycles. The van der Waals surface area contributed by atoms with Crippen LogP contribution in [0.3, 0.4) is 0 Å². The molecular weight excluding hydrogens is 264 g/mol. The summed E-state index contributed by atoms with van der Waals surface area (Å²) in [4.78, 5) is 16.2. The Bertz CT molecular complexity index is 615. The van der Waals surface area contributed by atoms with Crippen molar-refractivity contribution in [2.45, 2.75) is 37.6 Å². The number of nitrogens with one attached hydrogen (secondary N) is 1. The summed E-state index contributed by atoms with van der Waals surface area (Å²) >= 11 is 0. The molecule has 1 fully saturated rings. The zero-order valence-corrected chi connectivity index (χ0v) is 12.0. The van der Waals surface area contributed by atoms with Gasteiger partial charge in [0.15, 0.2) is 0 Å². The molecule has 1 amide bonds. The van der Waals surface area contributed by atoms with E-state index in [4.69, 9.17) is 5.73 Å². The van der Waals surface area contributed by atoms with Crippen molar-refractivity contribution < 1.29 is 4.79 Å². The molecule has 1 aliphatic rings. The van der Waals surface area contributed by atoms with Crippen molar-refractivity contribution in [3.63, 3.8) is 0 Å². The summed E-state index contributed by atoms with van der Waals surface area (Å²) in [6.45, 7) is 0. The van der Waals surface area contributed by atoms with Gasteiger partial charge in [-0.2, -0.15) is 0 Å². The first-order valence-corrected chi connectivity index (χ1v) is 7.32. The number of carbonyl (C=O) groups is 1. The van der Waals surface area contributed by atoms with Crippen molar-refractivity contribution in [3.05, 3.63) is 43.0 Å². The van der Waals surface area contributed by atoms with Gasteiger partial charge < -0.3 is 15.6 Å². The van der Waals surface area contributed by atoms with Crippen molar-refractivity contribution in [1.29, 1.82) is 0 Å². The van der Waals surface area contributed by atoms with Gasteiger partial charge >= 0.3 is 0 Å². The highest BCUT2D eigenvalue weighted by atomic mass is 16.1. The summed E-state index contributed by atoms with van der Waals surface area (Å²) in [7, 11) is 0. The van der Waals surface area contributed by atoms with E-state index < -0.39 is 0 Å². The molecule has 110 valence electrons. The molecule has 1 aliphatic carbocycles. The second-order valence-electron chi connectivity index (χ2n) is 5.81. The smallest absolute Gasteiger partial charge is 0.226 e. The maximum Gasteiger partial charge on any atom is 0.226 e. The Morgan fingerprint density at radius 2 is 2.19 bits per heavy atom. The van der Waals surface area contributed by atoms with Gasteiger partial charge in [0, 0.05) is 35.7 Å². The third kappa shape index (κ3) is 3.31. The Labute approximate surface area is 124 Å². The molecule has 1 heterocycles. The number of nitrogens with zero attached hydrogens (tertiary/aromatic N) is 2. The van der Waals surface area contributed by atoms with Crippen LogP contribution >= 0.6 is 0 Å². The molecule has 0 spiro atoms. The number of anilines is 1. The number of hydrogen-bond acceptors (Lipinski definition) is 3. The Hall–Kier alpha value is -2.14. The first kappa shape index (κ1) is 13.8. The third-order valence-electron chi connectivity index (χ3n) is 4.04. The van der Waals surface area contributed by atoms with Crippen molar-refractivity contribution >= 4 is 11.6 Å². The summed E-state index contributed by atoms with van der Waals surface area (Å²) < 4.78 is 1.90. The van der Waals surface area contributed by atoms with Crippen LogP contribution < -0.4 is 11.1 Å². The molecule has 21 heavy (non-hydrogen) atoms. The topological polar surface area (TPSA) is 72.9 Å². The van der Waals surface area contributed by atoms with Crippen LogP contribution in [0.2, 0.25) is 0 Å². The predicted molar refractivity (Wildman–Crippen MR) is 82.2 cm³/mol. The van der Waals surface area contributed by atoms with Crippen LogP contribution in [0.25, 0.3) is 5.69 Å². The van der Waals surface area contributed by atoms with E-state index >= 15 is 0 Å². The van der Waals surface area contributed by atoms with E-state index in [0.29, 0.717) is 6.42 Å². The molecule has 5 heteroatoms. The third-order valence-corrected chi connectivity index (χ3v) is 4.04. The Kier molecular flexibility index (Phi) is 3.75. The van der Waals surface area contributed by atoms with E-state index in [1.807, 2.05) is 35.0 Å². The van der Waals surface area contributed by atoms with Crippen LogP contribution in [0.15, 0.2) is 43.0 Å². The van der Waals surface area contributed by atoms with Gasteiger partial charge in [0.25, 0.3) is 0 Å². The molecule has 5 nitrogen and oxygen atoms in total. The zero-order chi connectivity index (χ0) is 14.7. The minimum absolute atomic E-state index is 0.0119. The van der Waals surface area contributed by atoms with Crippen LogP contribution in [0, 0.1) is 0 Å². The van der Waals surface area contributed by atoms with E-state index in [9.17, 15) is 4.79 Å². The summed E-state index contributed by atoms with van der Waals surface area (Å²) in [6, 6.07) is 7.70. The number of hydrogen-bond donors (Lipinski definition) is 2. The zero-order valence-electron chi connectivity index (χ0n) is 12.0. The van der Waals surface area contributed by atoms with Crippen LogP contribution in [0.5, 0.6) is 0 Å². The standard InChI is InChI=1S/C16H20N4O/c17-16(6-1-2-7-16)11-15(21)19-13-4-3-5-14(10-13)20-9-8-18-12-20/h3-5,8-10,12H,1-2,6-7,11,17H2,(H,19,21). The molecule has 1 aromatic carbocycles. The highest BCUT2D eigenvalue weighted by Crippen LogP contribution is 2.30. The second-order valence-corrected chi connectivity index (χ2v) is 5.81. The van der Waals surface area contributed by atoms with Gasteiger partial charge in [0.05, 0.1) is 6.33 Å². The number of amides is 1. The van der Waals surface area contributed by atoms with Gasteiger partial charge in [-0.15, -0.1) is 0 Å². The largest absolute Gasteiger partial charge is 0.326 e. The Balaban J connectivity index is 1.67. The van der Waals surface area contributed by atoms with E-state index in [1.54, 1.807) is 12.5 Å². The monoisotopic (exact) mass is 284 g/mol. The van der Waals surface area contributed by atoms with Gasteiger partial charge in [0.2, 0.25) is 5.91 Å². The lowest BCUT2D eigenvalue weighted by molar-refractivity contribution is -0.117. The van der Waals surface area contributed by atoms with Crippen molar-refractivity contribution in [1.82, 2.24) is 9.55 Å². The molecule has 3 N–H and O–H groups in total. The predicted octanol–water partition coefficient (Wildman–Crippen LogP) is 2.47. The highest BCUT2D eigenvalue weighted by molar-refractivity contribution is 5.91. The summed E-state index contributed by atoms with van der Waals surface area (Å²) in [5.74, 6) is -0.0119. The fraction of sp³-hybridized carbons (Fsp3) is 0.375. The van der Waals surface area contributed by atoms with Crippen molar-refractivity contribution in [2.75, 3.05) is 5.32 Å². The second kappa shape index (κ2) is 5.69. The number of benzene rings is 1. The molecule has 0 bridgehead atoms. The quantitative estimate of drug-likeness (QED) is 0.906. The van der Waals surface area contributed by atoms with Gasteiger partial charge in [0.1, 0.15) is 0 Å².